The molecule has 0 fully saturated rings. The number of ether oxygens (including phenoxy) is 3. The van der Waals surface area contributed by atoms with Gasteiger partial charge in [-0.2, -0.15) is 0 Å². The quantitative estimate of drug-likeness (QED) is 0.555. The highest BCUT2D eigenvalue weighted by molar-refractivity contribution is 5.84. The Balaban J connectivity index is 1.97. The van der Waals surface area contributed by atoms with Gasteiger partial charge in [-0.1, -0.05) is 36.4 Å². The van der Waals surface area contributed by atoms with E-state index in [4.69, 9.17) is 14.2 Å². The molecule has 0 radical (unpaired) electrons. The summed E-state index contributed by atoms with van der Waals surface area (Å²) in [6.07, 6.45) is -0.213. The average molecular weight is 428 g/mol. The Bertz CT molecular complexity index is 873. The van der Waals surface area contributed by atoms with Crippen LogP contribution >= 0.6 is 0 Å². The molecule has 2 rings (SSSR count). The summed E-state index contributed by atoms with van der Waals surface area (Å²) in [5.74, 6) is 0.618. The Hall–Kier alpha value is -3.02. The molecular formula is C25H33NO5. The number of benzene rings is 2. The molecule has 6 nitrogen and oxygen atoms in total. The first-order valence-corrected chi connectivity index (χ1v) is 10.4. The van der Waals surface area contributed by atoms with E-state index in [0.717, 1.165) is 11.1 Å². The van der Waals surface area contributed by atoms with Gasteiger partial charge in [0.05, 0.1) is 14.2 Å². The van der Waals surface area contributed by atoms with E-state index < -0.39 is 17.6 Å². The van der Waals surface area contributed by atoms with E-state index in [1.54, 1.807) is 32.1 Å². The predicted molar refractivity (Wildman–Crippen MR) is 120 cm³/mol. The number of aryl methyl sites for hydroxylation is 1. The van der Waals surface area contributed by atoms with Crippen molar-refractivity contribution < 1.29 is 23.8 Å². The Morgan fingerprint density at radius 2 is 1.58 bits per heavy atom. The largest absolute Gasteiger partial charge is 0.493 e. The third-order valence-electron chi connectivity index (χ3n) is 4.98. The lowest BCUT2D eigenvalue weighted by Crippen LogP contribution is -2.49. The standard InChI is InChI=1S/C25H33NO5/c1-18(24(28)26(25(2,3)4)17-20-10-8-7-9-11-20)31-23(27)15-13-19-12-14-21(29-5)22(16-19)30-6/h7-12,14,16,18H,13,15,17H2,1-6H3/t18-/m0/s1. The molecule has 2 aromatic carbocycles. The van der Waals surface area contributed by atoms with Gasteiger partial charge in [0.2, 0.25) is 0 Å². The number of nitrogens with zero attached hydrogens (tertiary/aromatic N) is 1. The molecule has 0 aliphatic rings. The molecular weight excluding hydrogens is 394 g/mol. The molecule has 0 N–H and O–H groups in total. The summed E-state index contributed by atoms with van der Waals surface area (Å²) < 4.78 is 16.0. The minimum absolute atomic E-state index is 0.168. The summed E-state index contributed by atoms with van der Waals surface area (Å²) in [7, 11) is 3.14. The number of carbonyl (C=O) groups is 2. The van der Waals surface area contributed by atoms with Crippen LogP contribution in [0.4, 0.5) is 0 Å². The van der Waals surface area contributed by atoms with E-state index in [0.29, 0.717) is 24.5 Å². The summed E-state index contributed by atoms with van der Waals surface area (Å²) in [5.41, 5.74) is 1.54. The van der Waals surface area contributed by atoms with Gasteiger partial charge in [0, 0.05) is 18.5 Å². The van der Waals surface area contributed by atoms with E-state index in [-0.39, 0.29) is 12.3 Å². The van der Waals surface area contributed by atoms with Crippen LogP contribution in [0, 0.1) is 0 Å². The summed E-state index contributed by atoms with van der Waals surface area (Å²) in [4.78, 5) is 27.2. The number of esters is 1. The van der Waals surface area contributed by atoms with Gasteiger partial charge < -0.3 is 19.1 Å². The van der Waals surface area contributed by atoms with Gasteiger partial charge in [0.25, 0.3) is 5.91 Å². The van der Waals surface area contributed by atoms with Crippen molar-refractivity contribution >= 4 is 11.9 Å². The Morgan fingerprint density at radius 3 is 2.16 bits per heavy atom. The number of amides is 1. The van der Waals surface area contributed by atoms with Crippen molar-refractivity contribution in [1.29, 1.82) is 0 Å². The first kappa shape index (κ1) is 24.3. The highest BCUT2D eigenvalue weighted by atomic mass is 16.5. The van der Waals surface area contributed by atoms with Gasteiger partial charge in [-0.05, 0) is 57.4 Å². The van der Waals surface area contributed by atoms with Crippen LogP contribution in [0.15, 0.2) is 48.5 Å². The molecule has 0 heterocycles. The Labute approximate surface area is 185 Å². The zero-order valence-corrected chi connectivity index (χ0v) is 19.3. The zero-order chi connectivity index (χ0) is 23.0. The van der Waals surface area contributed by atoms with E-state index in [2.05, 4.69) is 0 Å². The molecule has 0 aliphatic heterocycles. The van der Waals surface area contributed by atoms with Gasteiger partial charge >= 0.3 is 5.97 Å². The molecule has 2 aromatic rings. The third-order valence-corrected chi connectivity index (χ3v) is 4.98. The minimum Gasteiger partial charge on any atom is -0.493 e. The van der Waals surface area contributed by atoms with Crippen molar-refractivity contribution in [2.24, 2.45) is 0 Å². The maximum absolute atomic E-state index is 13.1. The van der Waals surface area contributed by atoms with Crippen LogP contribution in [0.1, 0.15) is 45.2 Å². The first-order valence-electron chi connectivity index (χ1n) is 10.4. The second kappa shape index (κ2) is 10.8. The van der Waals surface area contributed by atoms with Gasteiger partial charge in [0.15, 0.2) is 17.6 Å². The number of hydrogen-bond acceptors (Lipinski definition) is 5. The fourth-order valence-corrected chi connectivity index (χ4v) is 3.22. The van der Waals surface area contributed by atoms with Crippen LogP contribution in [-0.4, -0.2) is 42.6 Å². The van der Waals surface area contributed by atoms with Gasteiger partial charge in [-0.15, -0.1) is 0 Å². The molecule has 31 heavy (non-hydrogen) atoms. The Morgan fingerprint density at radius 1 is 0.935 bits per heavy atom. The molecule has 168 valence electrons. The maximum Gasteiger partial charge on any atom is 0.306 e. The number of methoxy groups -OCH3 is 2. The molecule has 1 amide bonds. The van der Waals surface area contributed by atoms with Crippen LogP contribution in [0.25, 0.3) is 0 Å². The highest BCUT2D eigenvalue weighted by Crippen LogP contribution is 2.28. The van der Waals surface area contributed by atoms with E-state index in [9.17, 15) is 9.59 Å². The maximum atomic E-state index is 13.1. The number of hydrogen-bond donors (Lipinski definition) is 0. The molecule has 0 saturated carbocycles. The molecule has 0 spiro atoms. The second-order valence-corrected chi connectivity index (χ2v) is 8.40. The SMILES string of the molecule is COc1ccc(CCC(=O)O[C@@H](C)C(=O)N(Cc2ccccc2)C(C)(C)C)cc1OC. The molecule has 0 aliphatic carbocycles. The predicted octanol–water partition coefficient (Wildman–Crippen LogP) is 4.40. The van der Waals surface area contributed by atoms with Crippen molar-refractivity contribution in [1.82, 2.24) is 4.90 Å². The lowest BCUT2D eigenvalue weighted by molar-refractivity contribution is -0.162. The second-order valence-electron chi connectivity index (χ2n) is 8.40. The lowest BCUT2D eigenvalue weighted by atomic mass is 10.0. The summed E-state index contributed by atoms with van der Waals surface area (Å²) in [5, 5.41) is 0. The minimum atomic E-state index is -0.860. The molecule has 0 aromatic heterocycles. The van der Waals surface area contributed by atoms with Gasteiger partial charge in [-0.25, -0.2) is 0 Å². The molecule has 1 atom stereocenters. The van der Waals surface area contributed by atoms with Crippen molar-refractivity contribution in [3.63, 3.8) is 0 Å². The van der Waals surface area contributed by atoms with Crippen molar-refractivity contribution in [2.45, 2.75) is 58.7 Å². The van der Waals surface area contributed by atoms with Crippen molar-refractivity contribution in [3.05, 3.63) is 59.7 Å². The lowest BCUT2D eigenvalue weighted by Gasteiger charge is -2.37. The third kappa shape index (κ3) is 7.02. The Kier molecular flexibility index (Phi) is 8.48. The van der Waals surface area contributed by atoms with E-state index in [1.165, 1.54) is 0 Å². The summed E-state index contributed by atoms with van der Waals surface area (Å²) in [6, 6.07) is 15.3. The molecule has 0 bridgehead atoms. The van der Waals surface area contributed by atoms with E-state index >= 15 is 0 Å². The highest BCUT2D eigenvalue weighted by Gasteiger charge is 2.31. The van der Waals surface area contributed by atoms with E-state index in [1.807, 2.05) is 63.2 Å². The fraction of sp³-hybridized carbons (Fsp3) is 0.440. The number of carbonyl (C=O) groups excluding carboxylic acids is 2. The molecule has 0 unspecified atom stereocenters. The van der Waals surface area contributed by atoms with Crippen LogP contribution in [0.3, 0.4) is 0 Å². The average Bonchev–Trinajstić information content (AvgIpc) is 2.75. The molecule has 0 saturated heterocycles. The smallest absolute Gasteiger partial charge is 0.306 e. The monoisotopic (exact) mass is 427 g/mol. The van der Waals surface area contributed by atoms with Gasteiger partial charge in [0.1, 0.15) is 0 Å². The van der Waals surface area contributed by atoms with Crippen molar-refractivity contribution in [2.75, 3.05) is 14.2 Å². The molecule has 6 heteroatoms. The van der Waals surface area contributed by atoms with Crippen LogP contribution in [0.2, 0.25) is 0 Å². The van der Waals surface area contributed by atoms with Crippen LogP contribution in [0.5, 0.6) is 11.5 Å². The van der Waals surface area contributed by atoms with Crippen molar-refractivity contribution in [3.8, 4) is 11.5 Å². The zero-order valence-electron chi connectivity index (χ0n) is 19.3. The topological polar surface area (TPSA) is 65.1 Å². The van der Waals surface area contributed by atoms with Gasteiger partial charge in [-0.3, -0.25) is 9.59 Å². The summed E-state index contributed by atoms with van der Waals surface area (Å²) >= 11 is 0. The normalized spacial score (nSPS) is 12.1. The fourth-order valence-electron chi connectivity index (χ4n) is 3.22. The number of rotatable bonds is 9. The van der Waals surface area contributed by atoms with Crippen LogP contribution in [-0.2, 0) is 27.3 Å². The van der Waals surface area contributed by atoms with Crippen LogP contribution < -0.4 is 9.47 Å². The summed E-state index contributed by atoms with van der Waals surface area (Å²) in [6.45, 7) is 8.00. The first-order chi connectivity index (χ1) is 14.7.